The number of aromatic hydroxyl groups is 1. The van der Waals surface area contributed by atoms with Crippen molar-refractivity contribution in [3.8, 4) is 33.3 Å². The van der Waals surface area contributed by atoms with E-state index in [-0.39, 0.29) is 78.1 Å². The maximum absolute atomic E-state index is 17.0. The van der Waals surface area contributed by atoms with Gasteiger partial charge < -0.3 is 59.0 Å². The van der Waals surface area contributed by atoms with Gasteiger partial charge in [-0.2, -0.15) is 9.97 Å². The van der Waals surface area contributed by atoms with Gasteiger partial charge in [0.1, 0.15) is 42.4 Å². The number of carbonyl (C=O) groups is 4. The first-order valence-electron chi connectivity index (χ1n) is 28.0. The SMILES string of the molecule is C=CC(=O)N1CCN(c2nc(OCCN(C)CCOCCOCCOCCOCC(=O)N[C@H](C(=O)N3CCC[C@H]3C(=O)N[C@@H](C)c3ccc(-c4scnc4C)cc3)C(C)(C)C)nc3c(F)c(-c4cc(O)cc5ccccc45)c(Cl)cc23)CC1. The minimum Gasteiger partial charge on any atom is -0.508 e. The largest absolute Gasteiger partial charge is 0.508 e. The average molecular weight is 1180 g/mol. The molecule has 3 N–H and O–H groups in total. The fraction of sp³-hybridized carbons (Fsp3) is 0.459. The van der Waals surface area contributed by atoms with Crippen molar-refractivity contribution in [2.45, 2.75) is 65.6 Å². The van der Waals surface area contributed by atoms with Gasteiger partial charge in [0, 0.05) is 56.8 Å². The number of piperazine rings is 1. The molecule has 8 rings (SSSR count). The standard InChI is InChI=1S/C61H75ClFN9O10S/c1-8-51(75)70-20-22-71(23-21-70)57-47-36-48(62)52(46-35-44(73)34-43-12-9-10-13-45(43)46)53(63)54(47)67-60(68-57)82-27-25-69(7)24-26-78-28-29-79-30-31-80-32-33-81-37-50(74)66-56(61(4,5)6)59(77)72-19-11-14-49(72)58(76)65-39(2)41-15-17-42(18-16-41)55-40(3)64-38-83-55/h8-10,12-13,15-18,34-36,38-39,49,56,73H,1,11,14,19-33,37H2,2-7H3,(H,65,76)(H,66,74)/t39-,49-,56+/m0/s1. The zero-order valence-electron chi connectivity index (χ0n) is 48.1. The first-order valence-corrected chi connectivity index (χ1v) is 29.3. The number of phenolic OH excluding ortho intramolecular Hbond substituents is 1. The number of aromatic nitrogens is 3. The van der Waals surface area contributed by atoms with Crippen LogP contribution in [0.2, 0.25) is 5.02 Å². The molecule has 0 bridgehead atoms. The van der Waals surface area contributed by atoms with Crippen LogP contribution in [-0.4, -0.2) is 183 Å². The Morgan fingerprint density at radius 1 is 0.880 bits per heavy atom. The van der Waals surface area contributed by atoms with Crippen LogP contribution in [0.15, 0.2) is 84.9 Å². The predicted molar refractivity (Wildman–Crippen MR) is 319 cm³/mol. The number of likely N-dealkylation sites (N-methyl/N-ethyl adjacent to an activating group) is 1. The Balaban J connectivity index is 0.711. The third-order valence-corrected chi connectivity index (χ3v) is 16.0. The summed E-state index contributed by atoms with van der Waals surface area (Å²) in [5.41, 5.74) is 4.70. The average Bonchev–Trinajstić information content (AvgIpc) is 3.56. The second-order valence-corrected chi connectivity index (χ2v) is 23.0. The molecule has 444 valence electrons. The van der Waals surface area contributed by atoms with E-state index in [1.807, 2.05) is 106 Å². The van der Waals surface area contributed by atoms with Crippen molar-refractivity contribution in [2.24, 2.45) is 5.41 Å². The van der Waals surface area contributed by atoms with E-state index in [1.54, 1.807) is 33.3 Å². The number of thiazole rings is 1. The van der Waals surface area contributed by atoms with E-state index in [0.717, 1.165) is 27.1 Å². The van der Waals surface area contributed by atoms with E-state index in [1.165, 1.54) is 12.1 Å². The third-order valence-electron chi connectivity index (χ3n) is 14.7. The highest BCUT2D eigenvalue weighted by atomic mass is 35.5. The Labute approximate surface area is 493 Å². The molecule has 0 aliphatic carbocycles. The predicted octanol–water partition coefficient (Wildman–Crippen LogP) is 7.99. The third kappa shape index (κ3) is 16.1. The van der Waals surface area contributed by atoms with Crippen LogP contribution < -0.4 is 20.3 Å². The molecule has 2 fully saturated rings. The van der Waals surface area contributed by atoms with Gasteiger partial charge in [0.05, 0.1) is 73.4 Å². The highest BCUT2D eigenvalue weighted by Gasteiger charge is 2.42. The molecule has 6 aromatic rings. The van der Waals surface area contributed by atoms with Crippen LogP contribution in [0.5, 0.6) is 11.8 Å². The molecule has 3 atom stereocenters. The zero-order chi connectivity index (χ0) is 59.2. The number of ether oxygens (including phenoxy) is 5. The molecule has 19 nitrogen and oxygen atoms in total. The van der Waals surface area contributed by atoms with Crippen LogP contribution in [0.3, 0.4) is 0 Å². The normalized spacial score (nSPS) is 15.5. The van der Waals surface area contributed by atoms with Crippen LogP contribution in [0, 0.1) is 18.2 Å². The molecule has 0 unspecified atom stereocenters. The Morgan fingerprint density at radius 3 is 2.23 bits per heavy atom. The molecule has 2 aliphatic heterocycles. The number of rotatable bonds is 27. The molecule has 22 heteroatoms. The fourth-order valence-corrected chi connectivity index (χ4v) is 11.3. The van der Waals surface area contributed by atoms with Gasteiger partial charge in [-0.05, 0) is 90.9 Å². The van der Waals surface area contributed by atoms with Crippen molar-refractivity contribution in [1.29, 1.82) is 0 Å². The van der Waals surface area contributed by atoms with Crippen LogP contribution in [0.4, 0.5) is 10.2 Å². The van der Waals surface area contributed by atoms with Crippen LogP contribution in [0.1, 0.15) is 57.8 Å². The van der Waals surface area contributed by atoms with E-state index < -0.39 is 29.2 Å². The molecule has 0 spiro atoms. The van der Waals surface area contributed by atoms with Crippen molar-refractivity contribution in [1.82, 2.24) is 40.3 Å². The van der Waals surface area contributed by atoms with Crippen molar-refractivity contribution in [3.05, 3.63) is 107 Å². The number of benzene rings is 4. The quantitative estimate of drug-likeness (QED) is 0.0330. The lowest BCUT2D eigenvalue weighted by Crippen LogP contribution is -2.58. The van der Waals surface area contributed by atoms with Gasteiger partial charge in [-0.1, -0.05) is 87.5 Å². The molecule has 4 heterocycles. The summed E-state index contributed by atoms with van der Waals surface area (Å²) in [4.78, 5) is 75.2. The Kier molecular flexibility index (Phi) is 21.8. The number of hydrogen-bond donors (Lipinski definition) is 3. The van der Waals surface area contributed by atoms with Crippen LogP contribution in [0.25, 0.3) is 43.2 Å². The van der Waals surface area contributed by atoms with Crippen molar-refractivity contribution >= 4 is 74.1 Å². The second-order valence-electron chi connectivity index (χ2n) is 21.7. The van der Waals surface area contributed by atoms with Crippen molar-refractivity contribution in [3.63, 3.8) is 0 Å². The van der Waals surface area contributed by atoms with E-state index in [9.17, 15) is 24.3 Å². The lowest BCUT2D eigenvalue weighted by atomic mass is 9.85. The Morgan fingerprint density at radius 2 is 1.55 bits per heavy atom. The smallest absolute Gasteiger partial charge is 0.319 e. The number of hydrogen-bond acceptors (Lipinski definition) is 16. The minimum atomic E-state index is -0.873. The Bertz CT molecular complexity index is 3230. The molecule has 2 aliphatic rings. The minimum absolute atomic E-state index is 0.00836. The van der Waals surface area contributed by atoms with E-state index in [4.69, 9.17) is 40.3 Å². The van der Waals surface area contributed by atoms with Gasteiger partial charge >= 0.3 is 6.01 Å². The fourth-order valence-electron chi connectivity index (χ4n) is 10.1. The van der Waals surface area contributed by atoms with Gasteiger partial charge in [-0.3, -0.25) is 19.2 Å². The van der Waals surface area contributed by atoms with Crippen LogP contribution in [-0.2, 0) is 38.1 Å². The highest BCUT2D eigenvalue weighted by Crippen LogP contribution is 2.43. The van der Waals surface area contributed by atoms with E-state index in [2.05, 4.69) is 27.2 Å². The number of anilines is 1. The summed E-state index contributed by atoms with van der Waals surface area (Å²) in [6, 6.07) is 18.3. The number of fused-ring (bicyclic) bond motifs is 2. The number of likely N-dealkylation sites (tertiary alicyclic amines) is 1. The molecule has 2 saturated heterocycles. The number of phenols is 1. The van der Waals surface area contributed by atoms with Gasteiger partial charge in [0.2, 0.25) is 23.6 Å². The maximum atomic E-state index is 17.0. The summed E-state index contributed by atoms with van der Waals surface area (Å²) >= 11 is 8.47. The van der Waals surface area contributed by atoms with Crippen molar-refractivity contribution in [2.75, 3.05) is 117 Å². The number of nitrogens with zero attached hydrogens (tertiary/aromatic N) is 7. The summed E-state index contributed by atoms with van der Waals surface area (Å²) in [6.07, 6.45) is 2.50. The summed E-state index contributed by atoms with van der Waals surface area (Å²) in [5.74, 6) is -1.43. The van der Waals surface area contributed by atoms with Gasteiger partial charge in [0.15, 0.2) is 5.82 Å². The summed E-state index contributed by atoms with van der Waals surface area (Å²) in [5, 5.41) is 18.5. The van der Waals surface area contributed by atoms with Gasteiger partial charge in [-0.15, -0.1) is 11.3 Å². The molecule has 83 heavy (non-hydrogen) atoms. The molecular weight excluding hydrogens is 1110 g/mol. The van der Waals surface area contributed by atoms with Crippen LogP contribution >= 0.6 is 22.9 Å². The molecule has 4 amide bonds. The summed E-state index contributed by atoms with van der Waals surface area (Å²) in [6.45, 7) is 18.5. The number of nitrogens with one attached hydrogen (secondary N) is 2. The van der Waals surface area contributed by atoms with Crippen molar-refractivity contribution < 1.29 is 52.4 Å². The number of amides is 4. The lowest BCUT2D eigenvalue weighted by molar-refractivity contribution is -0.144. The molecule has 2 aromatic heterocycles. The summed E-state index contributed by atoms with van der Waals surface area (Å²) < 4.78 is 45.7. The van der Waals surface area contributed by atoms with E-state index >= 15 is 4.39 Å². The van der Waals surface area contributed by atoms with Gasteiger partial charge in [0.25, 0.3) is 0 Å². The first kappa shape index (κ1) is 62.2. The topological polar surface area (TPSA) is 210 Å². The lowest BCUT2D eigenvalue weighted by Gasteiger charge is -2.35. The number of carbonyl (C=O) groups excluding carboxylic acids is 4. The van der Waals surface area contributed by atoms with E-state index in [0.29, 0.717) is 114 Å². The van der Waals surface area contributed by atoms with Gasteiger partial charge in [-0.25, -0.2) is 9.37 Å². The zero-order valence-corrected chi connectivity index (χ0v) is 49.7. The first-order chi connectivity index (χ1) is 39.9. The molecule has 4 aromatic carbocycles. The summed E-state index contributed by atoms with van der Waals surface area (Å²) in [7, 11) is 1.92. The second kappa shape index (κ2) is 29.1. The monoisotopic (exact) mass is 1180 g/mol. The Hall–Kier alpha value is -6.85. The molecule has 0 saturated carbocycles. The number of halogens is 2. The highest BCUT2D eigenvalue weighted by molar-refractivity contribution is 7.13. The molecular formula is C61H75ClFN9O10S. The number of aryl methyl sites for hydroxylation is 1. The molecule has 0 radical (unpaired) electrons. The maximum Gasteiger partial charge on any atom is 0.319 e.